The number of benzene rings is 1. The van der Waals surface area contributed by atoms with Crippen molar-refractivity contribution in [2.24, 2.45) is 5.73 Å². The summed E-state index contributed by atoms with van der Waals surface area (Å²) in [5, 5.41) is 10.7. The van der Waals surface area contributed by atoms with Crippen LogP contribution in [0.5, 0.6) is 5.75 Å². The molecule has 1 rings (SSSR count). The molecule has 18 heavy (non-hydrogen) atoms. The third kappa shape index (κ3) is 3.33. The Hall–Kier alpha value is -1.82. The van der Waals surface area contributed by atoms with Gasteiger partial charge in [0, 0.05) is 11.6 Å². The largest absolute Gasteiger partial charge is 0.492 e. The van der Waals surface area contributed by atoms with Crippen LogP contribution >= 0.6 is 11.6 Å². The predicted molar refractivity (Wildman–Crippen MR) is 67.0 cm³/mol. The van der Waals surface area contributed by atoms with Crippen LogP contribution < -0.4 is 10.5 Å². The fraction of sp³-hybridized carbons (Fsp3) is 0.364. The van der Waals surface area contributed by atoms with Crippen molar-refractivity contribution in [1.29, 1.82) is 0 Å². The van der Waals surface area contributed by atoms with Crippen molar-refractivity contribution in [1.82, 2.24) is 0 Å². The minimum Gasteiger partial charge on any atom is -0.492 e. The molecule has 0 unspecified atom stereocenters. The molecule has 0 aliphatic carbocycles. The Morgan fingerprint density at radius 2 is 2.22 bits per heavy atom. The zero-order valence-corrected chi connectivity index (χ0v) is 10.6. The number of nitrogens with zero attached hydrogens (tertiary/aromatic N) is 1. The van der Waals surface area contributed by atoms with Gasteiger partial charge in [0.05, 0.1) is 11.5 Å². The Kier molecular flexibility index (Phi) is 4.91. The standard InChI is InChI=1S/C11H13ClN2O4/c1-2-3-4-18-9-6-7(11(13)15)5-8(10(9)12)14(16)17/h5-6H,2-4H2,1H3,(H2,13,15). The van der Waals surface area contributed by atoms with E-state index in [0.717, 1.165) is 18.9 Å². The number of rotatable bonds is 6. The maximum absolute atomic E-state index is 11.1. The molecule has 0 atom stereocenters. The van der Waals surface area contributed by atoms with Crippen molar-refractivity contribution in [2.45, 2.75) is 19.8 Å². The van der Waals surface area contributed by atoms with Crippen LogP contribution in [-0.4, -0.2) is 17.4 Å². The van der Waals surface area contributed by atoms with Crippen molar-refractivity contribution in [3.05, 3.63) is 32.8 Å². The summed E-state index contributed by atoms with van der Waals surface area (Å²) in [4.78, 5) is 21.2. The molecule has 0 radical (unpaired) electrons. The van der Waals surface area contributed by atoms with E-state index in [9.17, 15) is 14.9 Å². The number of hydrogen-bond donors (Lipinski definition) is 1. The number of nitrogens with two attached hydrogens (primary N) is 1. The Morgan fingerprint density at radius 1 is 1.56 bits per heavy atom. The predicted octanol–water partition coefficient (Wildman–Crippen LogP) is 2.53. The molecule has 0 heterocycles. The molecule has 0 saturated heterocycles. The lowest BCUT2D eigenvalue weighted by atomic mass is 10.2. The number of unbranched alkanes of at least 4 members (excludes halogenated alkanes) is 1. The second-order valence-electron chi connectivity index (χ2n) is 3.63. The molecule has 0 saturated carbocycles. The zero-order valence-electron chi connectivity index (χ0n) is 9.81. The van der Waals surface area contributed by atoms with Gasteiger partial charge in [-0.3, -0.25) is 14.9 Å². The molecular formula is C11H13ClN2O4. The fourth-order valence-corrected chi connectivity index (χ4v) is 1.52. The number of nitro groups is 1. The highest BCUT2D eigenvalue weighted by Gasteiger charge is 2.20. The monoisotopic (exact) mass is 272 g/mol. The minimum absolute atomic E-state index is 0.00222. The summed E-state index contributed by atoms with van der Waals surface area (Å²) < 4.78 is 5.31. The topological polar surface area (TPSA) is 95.5 Å². The molecular weight excluding hydrogens is 260 g/mol. The molecule has 0 aliphatic rings. The third-order valence-corrected chi connectivity index (χ3v) is 2.64. The van der Waals surface area contributed by atoms with Gasteiger partial charge in [-0.15, -0.1) is 0 Å². The number of primary amides is 1. The van der Waals surface area contributed by atoms with Crippen LogP contribution in [0.3, 0.4) is 0 Å². The molecule has 1 aromatic carbocycles. The summed E-state index contributed by atoms with van der Waals surface area (Å²) in [6.07, 6.45) is 1.69. The number of carbonyl (C=O) groups is 1. The number of carbonyl (C=O) groups excluding carboxylic acids is 1. The van der Waals surface area contributed by atoms with Crippen LogP contribution in [-0.2, 0) is 0 Å². The van der Waals surface area contributed by atoms with Crippen molar-refractivity contribution in [3.63, 3.8) is 0 Å². The minimum atomic E-state index is -0.768. The highest BCUT2D eigenvalue weighted by molar-refractivity contribution is 6.34. The maximum atomic E-state index is 11.1. The van der Waals surface area contributed by atoms with E-state index in [1.165, 1.54) is 6.07 Å². The number of nitro benzene ring substituents is 1. The van der Waals surface area contributed by atoms with E-state index >= 15 is 0 Å². The number of ether oxygens (including phenoxy) is 1. The number of halogens is 1. The van der Waals surface area contributed by atoms with Crippen LogP contribution in [0.15, 0.2) is 12.1 Å². The van der Waals surface area contributed by atoms with Gasteiger partial charge in [0.1, 0.15) is 5.75 Å². The van der Waals surface area contributed by atoms with Gasteiger partial charge < -0.3 is 10.5 Å². The fourth-order valence-electron chi connectivity index (χ4n) is 1.29. The highest BCUT2D eigenvalue weighted by atomic mass is 35.5. The molecule has 0 spiro atoms. The van der Waals surface area contributed by atoms with Gasteiger partial charge in [-0.2, -0.15) is 0 Å². The Morgan fingerprint density at radius 3 is 2.72 bits per heavy atom. The normalized spacial score (nSPS) is 10.1. The highest BCUT2D eigenvalue weighted by Crippen LogP contribution is 2.35. The lowest BCUT2D eigenvalue weighted by Gasteiger charge is -2.09. The van der Waals surface area contributed by atoms with E-state index in [1.54, 1.807) is 0 Å². The maximum Gasteiger partial charge on any atom is 0.292 e. The number of hydrogen-bond acceptors (Lipinski definition) is 4. The van der Waals surface area contributed by atoms with E-state index in [0.29, 0.717) is 6.61 Å². The van der Waals surface area contributed by atoms with Crippen molar-refractivity contribution in [2.75, 3.05) is 6.61 Å². The van der Waals surface area contributed by atoms with Crippen LogP contribution in [0, 0.1) is 10.1 Å². The summed E-state index contributed by atoms with van der Waals surface area (Å²) in [6.45, 7) is 2.35. The first-order chi connectivity index (χ1) is 8.47. The van der Waals surface area contributed by atoms with Crippen LogP contribution in [0.25, 0.3) is 0 Å². The molecule has 7 heteroatoms. The van der Waals surface area contributed by atoms with E-state index in [4.69, 9.17) is 22.1 Å². The first-order valence-corrected chi connectivity index (χ1v) is 5.75. The summed E-state index contributed by atoms with van der Waals surface area (Å²) in [5.41, 5.74) is 4.70. The van der Waals surface area contributed by atoms with Crippen LogP contribution in [0.2, 0.25) is 5.02 Å². The second kappa shape index (κ2) is 6.20. The van der Waals surface area contributed by atoms with E-state index in [2.05, 4.69) is 0 Å². The molecule has 2 N–H and O–H groups in total. The third-order valence-electron chi connectivity index (χ3n) is 2.26. The number of amides is 1. The summed E-state index contributed by atoms with van der Waals surface area (Å²) in [5.74, 6) is -0.664. The molecule has 0 fully saturated rings. The smallest absolute Gasteiger partial charge is 0.292 e. The molecule has 98 valence electrons. The van der Waals surface area contributed by atoms with Gasteiger partial charge in [0.2, 0.25) is 5.91 Å². The van der Waals surface area contributed by atoms with Gasteiger partial charge in [-0.1, -0.05) is 24.9 Å². The van der Waals surface area contributed by atoms with Crippen molar-refractivity contribution in [3.8, 4) is 5.75 Å². The molecule has 0 aliphatic heterocycles. The Bertz CT molecular complexity index is 476. The van der Waals surface area contributed by atoms with E-state index in [1.807, 2.05) is 6.92 Å². The first kappa shape index (κ1) is 14.2. The Balaban J connectivity index is 3.14. The van der Waals surface area contributed by atoms with Gasteiger partial charge >= 0.3 is 0 Å². The average Bonchev–Trinajstić information content (AvgIpc) is 2.30. The Labute approximate surface area is 109 Å². The van der Waals surface area contributed by atoms with Crippen molar-refractivity contribution < 1.29 is 14.5 Å². The summed E-state index contributed by atoms with van der Waals surface area (Å²) >= 11 is 5.84. The first-order valence-electron chi connectivity index (χ1n) is 5.38. The van der Waals surface area contributed by atoms with Crippen LogP contribution in [0.4, 0.5) is 5.69 Å². The van der Waals surface area contributed by atoms with Gasteiger partial charge in [0.15, 0.2) is 5.02 Å². The molecule has 1 amide bonds. The SMILES string of the molecule is CCCCOc1cc(C(N)=O)cc([N+](=O)[O-])c1Cl. The van der Waals surface area contributed by atoms with Crippen LogP contribution in [0.1, 0.15) is 30.1 Å². The zero-order chi connectivity index (χ0) is 13.7. The molecule has 0 bridgehead atoms. The lowest BCUT2D eigenvalue weighted by molar-refractivity contribution is -0.384. The van der Waals surface area contributed by atoms with E-state index in [-0.39, 0.29) is 22.0 Å². The quantitative estimate of drug-likeness (QED) is 0.489. The average molecular weight is 273 g/mol. The van der Waals surface area contributed by atoms with Gasteiger partial charge in [-0.25, -0.2) is 0 Å². The summed E-state index contributed by atoms with van der Waals surface area (Å²) in [6, 6.07) is 2.35. The van der Waals surface area contributed by atoms with Crippen molar-refractivity contribution >= 4 is 23.2 Å². The molecule has 0 aromatic heterocycles. The second-order valence-corrected chi connectivity index (χ2v) is 4.01. The van der Waals surface area contributed by atoms with Gasteiger partial charge in [0.25, 0.3) is 5.69 Å². The molecule has 6 nitrogen and oxygen atoms in total. The molecule has 1 aromatic rings. The van der Waals surface area contributed by atoms with E-state index < -0.39 is 10.8 Å². The summed E-state index contributed by atoms with van der Waals surface area (Å²) in [7, 11) is 0. The van der Waals surface area contributed by atoms with Gasteiger partial charge in [-0.05, 0) is 12.5 Å². The lowest BCUT2D eigenvalue weighted by Crippen LogP contribution is -2.12.